The zero-order chi connectivity index (χ0) is 16.4. The highest BCUT2D eigenvalue weighted by Gasteiger charge is 2.35. The van der Waals surface area contributed by atoms with Gasteiger partial charge in [-0.1, -0.05) is 6.92 Å². The van der Waals surface area contributed by atoms with Crippen molar-refractivity contribution in [3.05, 3.63) is 30.7 Å². The highest BCUT2D eigenvalue weighted by Crippen LogP contribution is 2.23. The number of anilines is 1. The number of nitrogens with one attached hydrogen (secondary N) is 1. The lowest BCUT2D eigenvalue weighted by molar-refractivity contribution is -0.123. The molecule has 23 heavy (non-hydrogen) atoms. The molecule has 124 valence electrons. The summed E-state index contributed by atoms with van der Waals surface area (Å²) in [6, 6.07) is 4.24. The van der Waals surface area contributed by atoms with Gasteiger partial charge < -0.3 is 5.32 Å². The van der Waals surface area contributed by atoms with Gasteiger partial charge in [0.1, 0.15) is 5.82 Å². The van der Waals surface area contributed by atoms with Gasteiger partial charge in [0.2, 0.25) is 5.91 Å². The van der Waals surface area contributed by atoms with E-state index in [1.54, 1.807) is 12.4 Å². The van der Waals surface area contributed by atoms with Gasteiger partial charge in [0.05, 0.1) is 24.3 Å². The normalized spacial score (nSPS) is 18.4. The van der Waals surface area contributed by atoms with Gasteiger partial charge in [-0.25, -0.2) is 4.68 Å². The fourth-order valence-electron chi connectivity index (χ4n) is 2.80. The first-order chi connectivity index (χ1) is 11.1. The van der Waals surface area contributed by atoms with Crippen molar-refractivity contribution in [3.63, 3.8) is 0 Å². The molecule has 2 atom stereocenters. The lowest BCUT2D eigenvalue weighted by Crippen LogP contribution is -2.55. The molecule has 0 radical (unpaired) electrons. The second kappa shape index (κ2) is 6.54. The lowest BCUT2D eigenvalue weighted by atomic mass is 10.1. The van der Waals surface area contributed by atoms with Gasteiger partial charge in [0.15, 0.2) is 0 Å². The van der Waals surface area contributed by atoms with E-state index in [2.05, 4.69) is 34.3 Å². The Kier molecular flexibility index (Phi) is 4.47. The van der Waals surface area contributed by atoms with E-state index in [1.165, 1.54) is 0 Å². The summed E-state index contributed by atoms with van der Waals surface area (Å²) in [7, 11) is 0. The van der Waals surface area contributed by atoms with Crippen LogP contribution in [-0.2, 0) is 4.79 Å². The quantitative estimate of drug-likeness (QED) is 0.884. The van der Waals surface area contributed by atoms with E-state index in [-0.39, 0.29) is 18.0 Å². The zero-order valence-electron chi connectivity index (χ0n) is 13.9. The molecule has 0 spiro atoms. The van der Waals surface area contributed by atoms with Crippen LogP contribution in [0.1, 0.15) is 39.3 Å². The van der Waals surface area contributed by atoms with E-state index in [4.69, 9.17) is 0 Å². The van der Waals surface area contributed by atoms with Crippen LogP contribution in [0.5, 0.6) is 0 Å². The monoisotopic (exact) mass is 316 g/mol. The Morgan fingerprint density at radius 1 is 1.35 bits per heavy atom. The van der Waals surface area contributed by atoms with E-state index in [0.29, 0.717) is 6.04 Å². The fourth-order valence-corrected chi connectivity index (χ4v) is 2.80. The number of likely N-dealkylation sites (tertiary alicyclic amines) is 1. The molecule has 0 unspecified atom stereocenters. The Morgan fingerprint density at radius 2 is 2.13 bits per heavy atom. The third-order valence-corrected chi connectivity index (χ3v) is 4.65. The molecule has 0 bridgehead atoms. The molecule has 1 amide bonds. The van der Waals surface area contributed by atoms with Gasteiger partial charge >= 0.3 is 0 Å². The minimum atomic E-state index is -0.165. The SMILES string of the molecule is CC[C@@H](C)n1nccc1NC(=O)[C@@H](C)N1CC(n2cccn2)C1. The van der Waals surface area contributed by atoms with Crippen molar-refractivity contribution in [2.75, 3.05) is 18.4 Å². The van der Waals surface area contributed by atoms with Crippen molar-refractivity contribution < 1.29 is 4.79 Å². The summed E-state index contributed by atoms with van der Waals surface area (Å²) >= 11 is 0. The van der Waals surface area contributed by atoms with Crippen molar-refractivity contribution in [2.45, 2.75) is 45.3 Å². The van der Waals surface area contributed by atoms with Crippen LogP contribution in [0.2, 0.25) is 0 Å². The number of amides is 1. The van der Waals surface area contributed by atoms with Crippen LogP contribution in [0.4, 0.5) is 5.82 Å². The first kappa shape index (κ1) is 15.7. The smallest absolute Gasteiger partial charge is 0.242 e. The molecule has 7 heteroatoms. The van der Waals surface area contributed by atoms with Gasteiger partial charge in [0.25, 0.3) is 0 Å². The summed E-state index contributed by atoms with van der Waals surface area (Å²) in [6.45, 7) is 7.84. The maximum Gasteiger partial charge on any atom is 0.242 e. The molecule has 0 saturated carbocycles. The van der Waals surface area contributed by atoms with Gasteiger partial charge in [-0.05, 0) is 26.3 Å². The molecule has 3 rings (SSSR count). The van der Waals surface area contributed by atoms with Gasteiger partial charge in [-0.2, -0.15) is 10.2 Å². The second-order valence-electron chi connectivity index (χ2n) is 6.18. The van der Waals surface area contributed by atoms with Crippen molar-refractivity contribution in [1.29, 1.82) is 0 Å². The standard InChI is InChI=1S/C16H24N6O/c1-4-12(2)22-15(6-8-18-22)19-16(23)13(3)20-10-14(11-20)21-9-5-7-17-21/h5-9,12-14H,4,10-11H2,1-3H3,(H,19,23)/t12-,13-/m1/s1. The third-order valence-electron chi connectivity index (χ3n) is 4.65. The number of rotatable bonds is 6. The number of aromatic nitrogens is 4. The van der Waals surface area contributed by atoms with Gasteiger partial charge in [0, 0.05) is 31.5 Å². The Labute approximate surface area is 136 Å². The van der Waals surface area contributed by atoms with E-state index in [1.807, 2.05) is 34.6 Å². The minimum absolute atomic E-state index is 0.00830. The average Bonchev–Trinajstić information content (AvgIpc) is 3.16. The highest BCUT2D eigenvalue weighted by molar-refractivity contribution is 5.93. The fraction of sp³-hybridized carbons (Fsp3) is 0.562. The van der Waals surface area contributed by atoms with E-state index < -0.39 is 0 Å². The number of hydrogen-bond acceptors (Lipinski definition) is 4. The zero-order valence-corrected chi connectivity index (χ0v) is 13.9. The summed E-state index contributed by atoms with van der Waals surface area (Å²) in [5, 5.41) is 11.6. The van der Waals surface area contributed by atoms with Crippen LogP contribution < -0.4 is 5.32 Å². The molecule has 2 aromatic rings. The molecule has 3 heterocycles. The van der Waals surface area contributed by atoms with Crippen molar-refractivity contribution >= 4 is 11.7 Å². The van der Waals surface area contributed by atoms with Crippen LogP contribution in [-0.4, -0.2) is 49.5 Å². The van der Waals surface area contributed by atoms with Crippen LogP contribution in [0.25, 0.3) is 0 Å². The first-order valence-corrected chi connectivity index (χ1v) is 8.17. The van der Waals surface area contributed by atoms with E-state index >= 15 is 0 Å². The van der Waals surface area contributed by atoms with Crippen LogP contribution in [0.15, 0.2) is 30.7 Å². The topological polar surface area (TPSA) is 68.0 Å². The molecular formula is C16H24N6O. The van der Waals surface area contributed by atoms with Gasteiger partial charge in [-0.15, -0.1) is 0 Å². The molecule has 1 aliphatic rings. The predicted octanol–water partition coefficient (Wildman–Crippen LogP) is 1.93. The first-order valence-electron chi connectivity index (χ1n) is 8.17. The minimum Gasteiger partial charge on any atom is -0.310 e. The average molecular weight is 316 g/mol. The Bertz CT molecular complexity index is 643. The van der Waals surface area contributed by atoms with Crippen LogP contribution >= 0.6 is 0 Å². The number of carbonyl (C=O) groups excluding carboxylic acids is 1. The molecule has 1 N–H and O–H groups in total. The molecule has 0 aromatic carbocycles. The maximum absolute atomic E-state index is 12.5. The summed E-state index contributed by atoms with van der Waals surface area (Å²) < 4.78 is 3.83. The largest absolute Gasteiger partial charge is 0.310 e. The summed E-state index contributed by atoms with van der Waals surface area (Å²) in [4.78, 5) is 14.6. The number of hydrogen-bond donors (Lipinski definition) is 1. The van der Waals surface area contributed by atoms with Crippen molar-refractivity contribution in [3.8, 4) is 0 Å². The maximum atomic E-state index is 12.5. The Balaban J connectivity index is 1.56. The van der Waals surface area contributed by atoms with E-state index in [9.17, 15) is 4.79 Å². The third kappa shape index (κ3) is 3.14. The Morgan fingerprint density at radius 3 is 2.78 bits per heavy atom. The van der Waals surface area contributed by atoms with E-state index in [0.717, 1.165) is 25.3 Å². The van der Waals surface area contributed by atoms with Crippen LogP contribution in [0, 0.1) is 0 Å². The highest BCUT2D eigenvalue weighted by atomic mass is 16.2. The molecule has 1 fully saturated rings. The lowest BCUT2D eigenvalue weighted by Gasteiger charge is -2.42. The molecule has 0 aliphatic carbocycles. The van der Waals surface area contributed by atoms with Crippen molar-refractivity contribution in [2.24, 2.45) is 0 Å². The summed E-state index contributed by atoms with van der Waals surface area (Å²) in [5.41, 5.74) is 0. The predicted molar refractivity (Wildman–Crippen MR) is 88.2 cm³/mol. The molecule has 2 aromatic heterocycles. The second-order valence-corrected chi connectivity index (χ2v) is 6.18. The van der Waals surface area contributed by atoms with Crippen molar-refractivity contribution in [1.82, 2.24) is 24.5 Å². The Hall–Kier alpha value is -2.15. The molecule has 1 aliphatic heterocycles. The summed E-state index contributed by atoms with van der Waals surface area (Å²) in [6.07, 6.45) is 6.45. The van der Waals surface area contributed by atoms with Crippen LogP contribution in [0.3, 0.4) is 0 Å². The number of nitrogens with zero attached hydrogens (tertiary/aromatic N) is 5. The molecule has 1 saturated heterocycles. The summed E-state index contributed by atoms with van der Waals surface area (Å²) in [5.74, 6) is 0.773. The molecule has 7 nitrogen and oxygen atoms in total. The molecular weight excluding hydrogens is 292 g/mol. The van der Waals surface area contributed by atoms with Gasteiger partial charge in [-0.3, -0.25) is 14.4 Å². The number of carbonyl (C=O) groups is 1.